The molecule has 0 N–H and O–H groups in total. The molecule has 1 amide bonds. The van der Waals surface area contributed by atoms with Crippen LogP contribution in [-0.4, -0.2) is 45.3 Å². The van der Waals surface area contributed by atoms with E-state index in [0.29, 0.717) is 0 Å². The van der Waals surface area contributed by atoms with Crippen LogP contribution in [0.5, 0.6) is 5.75 Å². The Bertz CT molecular complexity index is 1080. The lowest BCUT2D eigenvalue weighted by molar-refractivity contribution is 0.0639. The van der Waals surface area contributed by atoms with Gasteiger partial charge in [-0.05, 0) is 64.7 Å². The first-order valence-corrected chi connectivity index (χ1v) is 11.7. The van der Waals surface area contributed by atoms with Crippen LogP contribution in [0.25, 0.3) is 5.13 Å². The largest absolute Gasteiger partial charge is 0.497 e. The second kappa shape index (κ2) is 8.83. The van der Waals surface area contributed by atoms with Gasteiger partial charge in [-0.25, -0.2) is 9.67 Å². The summed E-state index contributed by atoms with van der Waals surface area (Å²) >= 11 is 1.45. The topological polar surface area (TPSA) is 60.2 Å². The van der Waals surface area contributed by atoms with Gasteiger partial charge in [-0.3, -0.25) is 4.79 Å². The lowest BCUT2D eigenvalue weighted by atomic mass is 10.0. The van der Waals surface area contributed by atoms with Gasteiger partial charge >= 0.3 is 0 Å². The monoisotopic (exact) mass is 438 g/mol. The summed E-state index contributed by atoms with van der Waals surface area (Å²) in [6.07, 6.45) is 4.14. The van der Waals surface area contributed by atoms with Crippen molar-refractivity contribution in [3.63, 3.8) is 0 Å². The fraction of sp³-hybridized carbons (Fsp3) is 0.458. The molecule has 0 saturated carbocycles. The minimum absolute atomic E-state index is 0.105. The van der Waals surface area contributed by atoms with Crippen LogP contribution in [0, 0.1) is 20.8 Å². The molecular formula is C24H30N4O2S. The number of hydrogen-bond acceptors (Lipinski definition) is 5. The molecule has 0 unspecified atom stereocenters. The third-order valence-corrected chi connectivity index (χ3v) is 7.33. The van der Waals surface area contributed by atoms with Crippen LogP contribution in [0.2, 0.25) is 0 Å². The first-order valence-electron chi connectivity index (χ1n) is 10.9. The summed E-state index contributed by atoms with van der Waals surface area (Å²) in [6, 6.07) is 8.41. The van der Waals surface area contributed by atoms with E-state index < -0.39 is 0 Å². The lowest BCUT2D eigenvalue weighted by Gasteiger charge is -2.33. The molecule has 1 saturated heterocycles. The normalized spacial score (nSPS) is 16.5. The van der Waals surface area contributed by atoms with Gasteiger partial charge in [0, 0.05) is 30.3 Å². The van der Waals surface area contributed by atoms with Gasteiger partial charge in [0.2, 0.25) is 5.13 Å². The van der Waals surface area contributed by atoms with Gasteiger partial charge in [0.05, 0.1) is 18.5 Å². The summed E-state index contributed by atoms with van der Waals surface area (Å²) in [4.78, 5) is 20.6. The van der Waals surface area contributed by atoms with E-state index in [0.717, 1.165) is 58.6 Å². The molecule has 0 spiro atoms. The maximum atomic E-state index is 13.2. The molecule has 2 aromatic heterocycles. The maximum Gasteiger partial charge on any atom is 0.266 e. The highest BCUT2D eigenvalue weighted by molar-refractivity contribution is 7.16. The number of rotatable bonds is 5. The van der Waals surface area contributed by atoms with Crippen molar-refractivity contribution in [1.29, 1.82) is 0 Å². The van der Waals surface area contributed by atoms with Crippen LogP contribution in [0.3, 0.4) is 0 Å². The summed E-state index contributed by atoms with van der Waals surface area (Å²) in [5.74, 6) is 0.958. The molecule has 164 valence electrons. The molecule has 0 bridgehead atoms. The predicted octanol–water partition coefficient (Wildman–Crippen LogP) is 4.87. The average Bonchev–Trinajstić information content (AvgIpc) is 3.28. The quantitative estimate of drug-likeness (QED) is 0.570. The number of amides is 1. The highest BCUT2D eigenvalue weighted by Gasteiger charge is 2.28. The molecule has 1 aliphatic rings. The fourth-order valence-electron chi connectivity index (χ4n) is 4.27. The van der Waals surface area contributed by atoms with E-state index >= 15 is 0 Å². The third kappa shape index (κ3) is 4.24. The molecule has 1 atom stereocenters. The summed E-state index contributed by atoms with van der Waals surface area (Å²) < 4.78 is 7.15. The Morgan fingerprint density at radius 3 is 2.58 bits per heavy atom. The number of likely N-dealkylation sites (tertiary alicyclic amines) is 1. The number of hydrogen-bond donors (Lipinski definition) is 0. The highest BCUT2D eigenvalue weighted by atomic mass is 32.1. The number of carbonyl (C=O) groups excluding carboxylic acids is 1. The Morgan fingerprint density at radius 2 is 1.90 bits per heavy atom. The number of nitrogens with zero attached hydrogens (tertiary/aromatic N) is 4. The standard InChI is InChI=1S/C24H30N4O2S/c1-15-8-6-7-13-27(15)23(29)22-17(3)25-24(31-22)28-18(4)21(16(2)26-28)14-19-9-11-20(30-5)12-10-19/h9-12,15H,6-8,13-14H2,1-5H3/t15-/m0/s1. The first kappa shape index (κ1) is 21.6. The van der Waals surface area contributed by atoms with Crippen LogP contribution in [0.1, 0.15) is 64.1 Å². The number of carbonyl (C=O) groups is 1. The molecule has 0 aliphatic carbocycles. The highest BCUT2D eigenvalue weighted by Crippen LogP contribution is 2.29. The Hall–Kier alpha value is -2.67. The van der Waals surface area contributed by atoms with E-state index in [-0.39, 0.29) is 11.9 Å². The zero-order chi connectivity index (χ0) is 22.1. The van der Waals surface area contributed by atoms with Gasteiger partial charge in [0.1, 0.15) is 10.6 Å². The number of aryl methyl sites for hydroxylation is 2. The SMILES string of the molecule is COc1ccc(Cc2c(C)nn(-c3nc(C)c(C(=O)N4CCCC[C@@H]4C)s3)c2C)cc1. The first-order chi connectivity index (χ1) is 14.9. The molecule has 3 aromatic rings. The zero-order valence-corrected chi connectivity index (χ0v) is 19.8. The number of thiazole rings is 1. The Labute approximate surface area is 187 Å². The number of methoxy groups -OCH3 is 1. The van der Waals surface area contributed by atoms with Crippen LogP contribution < -0.4 is 4.74 Å². The van der Waals surface area contributed by atoms with Crippen molar-refractivity contribution in [2.45, 2.75) is 59.4 Å². The van der Waals surface area contributed by atoms with E-state index in [1.807, 2.05) is 35.6 Å². The fourth-order valence-corrected chi connectivity index (χ4v) is 5.29. The summed E-state index contributed by atoms with van der Waals surface area (Å²) in [7, 11) is 1.67. The molecule has 1 fully saturated rings. The van der Waals surface area contributed by atoms with Gasteiger partial charge in [-0.1, -0.05) is 23.5 Å². The number of piperidine rings is 1. The van der Waals surface area contributed by atoms with Crippen molar-refractivity contribution in [3.8, 4) is 10.9 Å². The number of aromatic nitrogens is 3. The molecule has 3 heterocycles. The van der Waals surface area contributed by atoms with Crippen molar-refractivity contribution in [2.24, 2.45) is 0 Å². The van der Waals surface area contributed by atoms with Gasteiger partial charge in [-0.15, -0.1) is 0 Å². The molecule has 7 heteroatoms. The van der Waals surface area contributed by atoms with Crippen molar-refractivity contribution in [2.75, 3.05) is 13.7 Å². The number of ether oxygens (including phenoxy) is 1. The van der Waals surface area contributed by atoms with Crippen LogP contribution >= 0.6 is 11.3 Å². The molecule has 31 heavy (non-hydrogen) atoms. The second-order valence-electron chi connectivity index (χ2n) is 8.34. The van der Waals surface area contributed by atoms with Crippen molar-refractivity contribution < 1.29 is 9.53 Å². The lowest BCUT2D eigenvalue weighted by Crippen LogP contribution is -2.41. The van der Waals surface area contributed by atoms with Crippen molar-refractivity contribution in [1.82, 2.24) is 19.7 Å². The van der Waals surface area contributed by atoms with E-state index in [4.69, 9.17) is 14.8 Å². The number of benzene rings is 1. The summed E-state index contributed by atoms with van der Waals surface area (Å²) in [6.45, 7) is 9.00. The van der Waals surface area contributed by atoms with Gasteiger partial charge in [-0.2, -0.15) is 5.10 Å². The molecule has 1 aromatic carbocycles. The molecule has 0 radical (unpaired) electrons. The Kier molecular flexibility index (Phi) is 6.14. The van der Waals surface area contributed by atoms with Crippen LogP contribution in [-0.2, 0) is 6.42 Å². The van der Waals surface area contributed by atoms with E-state index in [1.54, 1.807) is 7.11 Å². The molecule has 6 nitrogen and oxygen atoms in total. The van der Waals surface area contributed by atoms with E-state index in [2.05, 4.69) is 26.0 Å². The summed E-state index contributed by atoms with van der Waals surface area (Å²) in [5, 5.41) is 5.52. The maximum absolute atomic E-state index is 13.2. The second-order valence-corrected chi connectivity index (χ2v) is 9.32. The predicted molar refractivity (Wildman–Crippen MR) is 124 cm³/mol. The summed E-state index contributed by atoms with van der Waals surface area (Å²) in [5.41, 5.74) is 5.23. The minimum atomic E-state index is 0.105. The van der Waals surface area contributed by atoms with Gasteiger partial charge < -0.3 is 9.64 Å². The Balaban J connectivity index is 1.61. The van der Waals surface area contributed by atoms with Gasteiger partial charge in [0.25, 0.3) is 5.91 Å². The smallest absolute Gasteiger partial charge is 0.266 e. The van der Waals surface area contributed by atoms with Crippen LogP contribution in [0.15, 0.2) is 24.3 Å². The Morgan fingerprint density at radius 1 is 1.16 bits per heavy atom. The zero-order valence-electron chi connectivity index (χ0n) is 18.9. The van der Waals surface area contributed by atoms with E-state index in [9.17, 15) is 4.79 Å². The van der Waals surface area contributed by atoms with E-state index in [1.165, 1.54) is 28.9 Å². The van der Waals surface area contributed by atoms with Crippen LogP contribution in [0.4, 0.5) is 0 Å². The van der Waals surface area contributed by atoms with Crippen molar-refractivity contribution >= 4 is 17.2 Å². The average molecular weight is 439 g/mol. The molecule has 1 aliphatic heterocycles. The molecule has 4 rings (SSSR count). The van der Waals surface area contributed by atoms with Gasteiger partial charge in [0.15, 0.2) is 0 Å². The third-order valence-electron chi connectivity index (χ3n) is 6.21. The van der Waals surface area contributed by atoms with Crippen molar-refractivity contribution in [3.05, 3.63) is 57.4 Å². The molecular weight excluding hydrogens is 408 g/mol. The minimum Gasteiger partial charge on any atom is -0.497 e.